The molecule has 112 valence electrons. The minimum atomic E-state index is -0.652. The molecule has 2 atom stereocenters. The second-order valence-electron chi connectivity index (χ2n) is 5.21. The van der Waals surface area contributed by atoms with Crippen molar-refractivity contribution in [2.24, 2.45) is 0 Å². The summed E-state index contributed by atoms with van der Waals surface area (Å²) in [6.45, 7) is 2.49. The van der Waals surface area contributed by atoms with E-state index < -0.39 is 6.10 Å². The lowest BCUT2D eigenvalue weighted by molar-refractivity contribution is 0.153. The van der Waals surface area contributed by atoms with E-state index in [-0.39, 0.29) is 17.7 Å². The minimum Gasteiger partial charge on any atom is -0.388 e. The maximum atomic E-state index is 13.1. The zero-order valence-electron chi connectivity index (χ0n) is 11.9. The highest BCUT2D eigenvalue weighted by molar-refractivity contribution is 5.19. The Morgan fingerprint density at radius 2 is 1.76 bits per heavy atom. The van der Waals surface area contributed by atoms with Crippen LogP contribution in [0.25, 0.3) is 0 Å². The molecule has 0 bridgehead atoms. The van der Waals surface area contributed by atoms with Gasteiger partial charge in [0.1, 0.15) is 11.6 Å². The van der Waals surface area contributed by atoms with Crippen molar-refractivity contribution in [3.63, 3.8) is 0 Å². The molecule has 0 aliphatic carbocycles. The van der Waals surface area contributed by atoms with Gasteiger partial charge in [-0.05, 0) is 48.7 Å². The van der Waals surface area contributed by atoms with Gasteiger partial charge in [0.2, 0.25) is 0 Å². The van der Waals surface area contributed by atoms with E-state index in [0.29, 0.717) is 18.5 Å². The van der Waals surface area contributed by atoms with Crippen molar-refractivity contribution in [3.05, 3.63) is 71.3 Å². The van der Waals surface area contributed by atoms with Crippen LogP contribution in [-0.4, -0.2) is 11.1 Å². The minimum absolute atomic E-state index is 0.0494. The zero-order chi connectivity index (χ0) is 15.2. The molecule has 0 fully saturated rings. The summed E-state index contributed by atoms with van der Waals surface area (Å²) >= 11 is 0. The van der Waals surface area contributed by atoms with Crippen LogP contribution in [0.3, 0.4) is 0 Å². The largest absolute Gasteiger partial charge is 0.388 e. The van der Waals surface area contributed by atoms with Gasteiger partial charge in [-0.2, -0.15) is 0 Å². The topological polar surface area (TPSA) is 32.3 Å². The van der Waals surface area contributed by atoms with Crippen molar-refractivity contribution >= 4 is 0 Å². The fourth-order valence-electron chi connectivity index (χ4n) is 2.18. The van der Waals surface area contributed by atoms with Crippen LogP contribution in [0, 0.1) is 11.6 Å². The third kappa shape index (κ3) is 4.92. The molecule has 0 aromatic heterocycles. The molecule has 2 unspecified atom stereocenters. The van der Waals surface area contributed by atoms with E-state index in [1.807, 2.05) is 13.0 Å². The summed E-state index contributed by atoms with van der Waals surface area (Å²) in [4.78, 5) is 0. The number of aliphatic hydroxyl groups is 1. The summed E-state index contributed by atoms with van der Waals surface area (Å²) in [5, 5.41) is 13.3. The first kappa shape index (κ1) is 15.6. The first-order chi connectivity index (χ1) is 10.0. The van der Waals surface area contributed by atoms with E-state index in [2.05, 4.69) is 5.32 Å². The smallest absolute Gasteiger partial charge is 0.123 e. The molecular weight excluding hydrogens is 272 g/mol. The molecule has 0 saturated heterocycles. The molecule has 2 aromatic rings. The van der Waals surface area contributed by atoms with E-state index in [9.17, 15) is 13.9 Å². The first-order valence-electron chi connectivity index (χ1n) is 6.96. The van der Waals surface area contributed by atoms with Crippen LogP contribution in [0.2, 0.25) is 0 Å². The first-order valence-corrected chi connectivity index (χ1v) is 6.96. The van der Waals surface area contributed by atoms with Gasteiger partial charge < -0.3 is 10.4 Å². The molecule has 0 spiro atoms. The maximum Gasteiger partial charge on any atom is 0.123 e. The predicted octanol–water partition coefficient (Wildman–Crippen LogP) is 3.57. The Bertz CT molecular complexity index is 571. The van der Waals surface area contributed by atoms with Crippen molar-refractivity contribution in [3.8, 4) is 0 Å². The molecule has 0 aliphatic rings. The number of halogens is 2. The number of hydrogen-bond donors (Lipinski definition) is 2. The lowest BCUT2D eigenvalue weighted by Gasteiger charge is -2.18. The summed E-state index contributed by atoms with van der Waals surface area (Å²) in [6.07, 6.45) is -0.151. The molecule has 0 aliphatic heterocycles. The SMILES string of the molecule is CC(CC(O)c1ccc(F)cc1)NCc1cccc(F)c1. The van der Waals surface area contributed by atoms with Gasteiger partial charge in [0.25, 0.3) is 0 Å². The fraction of sp³-hybridized carbons (Fsp3) is 0.294. The molecule has 21 heavy (non-hydrogen) atoms. The molecule has 4 heteroatoms. The number of hydrogen-bond acceptors (Lipinski definition) is 2. The average Bonchev–Trinajstić information content (AvgIpc) is 2.46. The van der Waals surface area contributed by atoms with Crippen molar-refractivity contribution < 1.29 is 13.9 Å². The van der Waals surface area contributed by atoms with Gasteiger partial charge in [0.15, 0.2) is 0 Å². The number of nitrogens with one attached hydrogen (secondary N) is 1. The summed E-state index contributed by atoms with van der Waals surface area (Å²) in [6, 6.07) is 12.3. The Hall–Kier alpha value is -1.78. The van der Waals surface area contributed by atoms with E-state index in [4.69, 9.17) is 0 Å². The Morgan fingerprint density at radius 3 is 2.43 bits per heavy atom. The van der Waals surface area contributed by atoms with E-state index in [0.717, 1.165) is 5.56 Å². The lowest BCUT2D eigenvalue weighted by atomic mass is 10.0. The Morgan fingerprint density at radius 1 is 1.05 bits per heavy atom. The monoisotopic (exact) mass is 291 g/mol. The summed E-state index contributed by atoms with van der Waals surface area (Å²) in [5.41, 5.74) is 1.55. The zero-order valence-corrected chi connectivity index (χ0v) is 11.9. The normalized spacial score (nSPS) is 13.9. The lowest BCUT2D eigenvalue weighted by Crippen LogP contribution is -2.27. The predicted molar refractivity (Wildman–Crippen MR) is 78.7 cm³/mol. The number of benzene rings is 2. The number of aliphatic hydroxyl groups excluding tert-OH is 1. The standard InChI is InChI=1S/C17H19F2NO/c1-12(20-11-13-3-2-4-16(19)10-13)9-17(21)14-5-7-15(18)8-6-14/h2-8,10,12,17,20-21H,9,11H2,1H3. The molecule has 2 nitrogen and oxygen atoms in total. The molecule has 0 radical (unpaired) electrons. The molecule has 0 saturated carbocycles. The third-order valence-corrected chi connectivity index (χ3v) is 3.38. The van der Waals surface area contributed by atoms with Crippen molar-refractivity contribution in [2.75, 3.05) is 0 Å². The van der Waals surface area contributed by atoms with Crippen LogP contribution < -0.4 is 5.32 Å². The van der Waals surface area contributed by atoms with Gasteiger partial charge >= 0.3 is 0 Å². The fourth-order valence-corrected chi connectivity index (χ4v) is 2.18. The van der Waals surface area contributed by atoms with Gasteiger partial charge in [-0.15, -0.1) is 0 Å². The molecule has 2 aromatic carbocycles. The Kier molecular flexibility index (Phi) is 5.42. The Labute approximate surface area is 123 Å². The van der Waals surface area contributed by atoms with E-state index in [1.54, 1.807) is 18.2 Å². The highest BCUT2D eigenvalue weighted by atomic mass is 19.1. The average molecular weight is 291 g/mol. The highest BCUT2D eigenvalue weighted by Crippen LogP contribution is 2.18. The van der Waals surface area contributed by atoms with Crippen LogP contribution in [-0.2, 0) is 6.54 Å². The molecule has 0 amide bonds. The summed E-state index contributed by atoms with van der Waals surface area (Å²) in [5.74, 6) is -0.573. The molecule has 2 rings (SSSR count). The third-order valence-electron chi connectivity index (χ3n) is 3.38. The summed E-state index contributed by atoms with van der Waals surface area (Å²) in [7, 11) is 0. The van der Waals surface area contributed by atoms with Gasteiger partial charge in [0.05, 0.1) is 6.10 Å². The van der Waals surface area contributed by atoms with Gasteiger partial charge in [-0.1, -0.05) is 24.3 Å². The van der Waals surface area contributed by atoms with Crippen LogP contribution in [0.5, 0.6) is 0 Å². The Balaban J connectivity index is 1.83. The van der Waals surface area contributed by atoms with Crippen molar-refractivity contribution in [2.45, 2.75) is 32.0 Å². The van der Waals surface area contributed by atoms with E-state index >= 15 is 0 Å². The summed E-state index contributed by atoms with van der Waals surface area (Å²) < 4.78 is 25.9. The molecule has 2 N–H and O–H groups in total. The van der Waals surface area contributed by atoms with Crippen LogP contribution in [0.1, 0.15) is 30.6 Å². The van der Waals surface area contributed by atoms with Crippen LogP contribution >= 0.6 is 0 Å². The van der Waals surface area contributed by atoms with Gasteiger partial charge in [-0.25, -0.2) is 8.78 Å². The van der Waals surface area contributed by atoms with Crippen LogP contribution in [0.15, 0.2) is 48.5 Å². The molecule has 0 heterocycles. The highest BCUT2D eigenvalue weighted by Gasteiger charge is 2.12. The van der Waals surface area contributed by atoms with Crippen molar-refractivity contribution in [1.82, 2.24) is 5.32 Å². The second kappa shape index (κ2) is 7.29. The van der Waals surface area contributed by atoms with E-state index in [1.165, 1.54) is 24.3 Å². The van der Waals surface area contributed by atoms with Crippen molar-refractivity contribution in [1.29, 1.82) is 0 Å². The molecular formula is C17H19F2NO. The van der Waals surface area contributed by atoms with Crippen LogP contribution in [0.4, 0.5) is 8.78 Å². The number of rotatable bonds is 6. The van der Waals surface area contributed by atoms with Gasteiger partial charge in [-0.3, -0.25) is 0 Å². The van der Waals surface area contributed by atoms with Gasteiger partial charge in [0, 0.05) is 12.6 Å². The quantitative estimate of drug-likeness (QED) is 0.853. The second-order valence-corrected chi connectivity index (χ2v) is 5.21. The maximum absolute atomic E-state index is 13.1.